The summed E-state index contributed by atoms with van der Waals surface area (Å²) in [6.07, 6.45) is 0.0496. The topological polar surface area (TPSA) is 75.9 Å². The Hall–Kier alpha value is -1.63. The van der Waals surface area contributed by atoms with Gasteiger partial charge in [0.25, 0.3) is 5.91 Å². The van der Waals surface area contributed by atoms with Crippen LogP contribution in [-0.2, 0) is 9.53 Å². The number of rotatable bonds is 5. The number of nitrogens with two attached hydrogens (primary N) is 1. The van der Waals surface area contributed by atoms with Crippen molar-refractivity contribution in [3.8, 4) is 0 Å². The summed E-state index contributed by atoms with van der Waals surface area (Å²) in [6, 6.07) is 7.56. The van der Waals surface area contributed by atoms with Gasteiger partial charge in [-0.1, -0.05) is 17.7 Å². The van der Waals surface area contributed by atoms with E-state index in [4.69, 9.17) is 10.5 Å². The van der Waals surface area contributed by atoms with Crippen LogP contribution in [0.2, 0.25) is 0 Å². The molecule has 24 heavy (non-hydrogen) atoms. The number of piperazine rings is 1. The number of ether oxygens (including phenoxy) is 1. The first-order valence-corrected chi connectivity index (χ1v) is 7.91. The van der Waals surface area contributed by atoms with Gasteiger partial charge in [0.1, 0.15) is 0 Å². The maximum absolute atomic E-state index is 12.4. The van der Waals surface area contributed by atoms with E-state index in [9.17, 15) is 9.59 Å². The number of aryl methyl sites for hydroxylation is 1. The lowest BCUT2D eigenvalue weighted by molar-refractivity contribution is -0.135. The van der Waals surface area contributed by atoms with Crippen molar-refractivity contribution >= 4 is 24.2 Å². The van der Waals surface area contributed by atoms with Crippen LogP contribution >= 0.6 is 12.4 Å². The second-order valence-electron chi connectivity index (χ2n) is 5.84. The Bertz CT molecular complexity index is 539. The molecule has 2 N–H and O–H groups in total. The van der Waals surface area contributed by atoms with E-state index in [2.05, 4.69) is 0 Å². The summed E-state index contributed by atoms with van der Waals surface area (Å²) in [5, 5.41) is 0. The fraction of sp³-hybridized carbons (Fsp3) is 0.529. The predicted octanol–water partition coefficient (Wildman–Crippen LogP) is 1.07. The van der Waals surface area contributed by atoms with Gasteiger partial charge in [0, 0.05) is 45.4 Å². The van der Waals surface area contributed by atoms with Gasteiger partial charge in [0.2, 0.25) is 5.91 Å². The van der Waals surface area contributed by atoms with Crippen LogP contribution in [0.15, 0.2) is 24.3 Å². The largest absolute Gasteiger partial charge is 0.380 e. The lowest BCUT2D eigenvalue weighted by atomic mass is 10.1. The van der Waals surface area contributed by atoms with E-state index in [0.717, 1.165) is 5.56 Å². The summed E-state index contributed by atoms with van der Waals surface area (Å²) in [5.74, 6) is 0.0542. The summed E-state index contributed by atoms with van der Waals surface area (Å²) in [4.78, 5) is 28.2. The highest BCUT2D eigenvalue weighted by Gasteiger charge is 2.25. The second-order valence-corrected chi connectivity index (χ2v) is 5.84. The Kier molecular flexibility index (Phi) is 8.18. The number of carbonyl (C=O) groups excluding carboxylic acids is 2. The van der Waals surface area contributed by atoms with Gasteiger partial charge in [-0.3, -0.25) is 9.59 Å². The first kappa shape index (κ1) is 20.4. The van der Waals surface area contributed by atoms with Gasteiger partial charge in [0.05, 0.1) is 12.5 Å². The molecule has 1 aliphatic heterocycles. The molecule has 0 aliphatic carbocycles. The van der Waals surface area contributed by atoms with Gasteiger partial charge in [-0.05, 0) is 19.1 Å². The Morgan fingerprint density at radius 2 is 1.67 bits per heavy atom. The number of amides is 2. The Morgan fingerprint density at radius 3 is 2.17 bits per heavy atom. The van der Waals surface area contributed by atoms with Gasteiger partial charge < -0.3 is 20.3 Å². The van der Waals surface area contributed by atoms with Crippen LogP contribution in [0.25, 0.3) is 0 Å². The van der Waals surface area contributed by atoms with Crippen LogP contribution in [0.5, 0.6) is 0 Å². The average Bonchev–Trinajstić information content (AvgIpc) is 2.59. The van der Waals surface area contributed by atoms with Crippen LogP contribution in [0.3, 0.4) is 0 Å². The van der Waals surface area contributed by atoms with E-state index in [0.29, 0.717) is 44.7 Å². The summed E-state index contributed by atoms with van der Waals surface area (Å²) in [7, 11) is 1.56. The number of hydrogen-bond donors (Lipinski definition) is 1. The van der Waals surface area contributed by atoms with Gasteiger partial charge in [-0.15, -0.1) is 12.4 Å². The molecule has 0 saturated carbocycles. The van der Waals surface area contributed by atoms with E-state index in [1.807, 2.05) is 31.2 Å². The third-order valence-corrected chi connectivity index (χ3v) is 4.22. The van der Waals surface area contributed by atoms with E-state index in [-0.39, 0.29) is 30.3 Å². The summed E-state index contributed by atoms with van der Waals surface area (Å²) >= 11 is 0. The molecule has 0 spiro atoms. The minimum atomic E-state index is -0.241. The molecule has 0 bridgehead atoms. The average molecular weight is 356 g/mol. The smallest absolute Gasteiger partial charge is 0.253 e. The number of hydrogen-bond acceptors (Lipinski definition) is 4. The molecule has 0 radical (unpaired) electrons. The van der Waals surface area contributed by atoms with Crippen molar-refractivity contribution in [2.24, 2.45) is 5.73 Å². The van der Waals surface area contributed by atoms with Crippen LogP contribution in [-0.4, -0.2) is 67.6 Å². The fourth-order valence-corrected chi connectivity index (χ4v) is 2.62. The summed E-state index contributed by atoms with van der Waals surface area (Å²) < 4.78 is 5.15. The molecule has 1 saturated heterocycles. The first-order valence-electron chi connectivity index (χ1n) is 7.91. The zero-order valence-electron chi connectivity index (χ0n) is 14.2. The molecule has 1 heterocycles. The minimum Gasteiger partial charge on any atom is -0.380 e. The van der Waals surface area contributed by atoms with Crippen LogP contribution in [0.1, 0.15) is 22.3 Å². The molecule has 7 heteroatoms. The molecule has 2 rings (SSSR count). The molecular formula is C17H26ClN3O3. The van der Waals surface area contributed by atoms with E-state index < -0.39 is 0 Å². The highest BCUT2D eigenvalue weighted by atomic mass is 35.5. The van der Waals surface area contributed by atoms with Crippen LogP contribution in [0.4, 0.5) is 0 Å². The third-order valence-electron chi connectivity index (χ3n) is 4.22. The second kappa shape index (κ2) is 9.61. The maximum Gasteiger partial charge on any atom is 0.253 e. The molecule has 1 aromatic carbocycles. The highest BCUT2D eigenvalue weighted by molar-refractivity contribution is 5.94. The zero-order valence-corrected chi connectivity index (χ0v) is 15.1. The maximum atomic E-state index is 12.4. The van der Waals surface area contributed by atoms with Crippen molar-refractivity contribution in [2.75, 3.05) is 39.8 Å². The van der Waals surface area contributed by atoms with Crippen molar-refractivity contribution < 1.29 is 14.3 Å². The molecule has 1 unspecified atom stereocenters. The highest BCUT2D eigenvalue weighted by Crippen LogP contribution is 2.11. The molecule has 1 aromatic rings. The SMILES string of the molecule is COC(CN)CC(=O)N1CCN(C(=O)c2ccc(C)cc2)CC1.Cl. The van der Waals surface area contributed by atoms with E-state index in [1.54, 1.807) is 16.9 Å². The van der Waals surface area contributed by atoms with Crippen molar-refractivity contribution in [3.63, 3.8) is 0 Å². The molecule has 2 amide bonds. The monoisotopic (exact) mass is 355 g/mol. The van der Waals surface area contributed by atoms with Crippen molar-refractivity contribution in [3.05, 3.63) is 35.4 Å². The number of methoxy groups -OCH3 is 1. The van der Waals surface area contributed by atoms with E-state index in [1.165, 1.54) is 0 Å². The van der Waals surface area contributed by atoms with Crippen molar-refractivity contribution in [2.45, 2.75) is 19.4 Å². The third kappa shape index (κ3) is 5.19. The summed E-state index contributed by atoms with van der Waals surface area (Å²) in [5.41, 5.74) is 7.37. The standard InChI is InChI=1S/C17H25N3O3.ClH/c1-13-3-5-14(6-4-13)17(22)20-9-7-19(8-10-20)16(21)11-15(12-18)23-2;/h3-6,15H,7-12,18H2,1-2H3;1H. The lowest BCUT2D eigenvalue weighted by Crippen LogP contribution is -2.51. The van der Waals surface area contributed by atoms with Crippen LogP contribution < -0.4 is 5.73 Å². The van der Waals surface area contributed by atoms with E-state index >= 15 is 0 Å². The molecule has 1 atom stereocenters. The molecular weight excluding hydrogens is 330 g/mol. The van der Waals surface area contributed by atoms with Crippen molar-refractivity contribution in [1.82, 2.24) is 9.80 Å². The van der Waals surface area contributed by atoms with Gasteiger partial charge in [-0.25, -0.2) is 0 Å². The Morgan fingerprint density at radius 1 is 1.12 bits per heavy atom. The lowest BCUT2D eigenvalue weighted by Gasteiger charge is -2.35. The molecule has 1 fully saturated rings. The van der Waals surface area contributed by atoms with Crippen LogP contribution in [0, 0.1) is 6.92 Å². The number of halogens is 1. The first-order chi connectivity index (χ1) is 11.0. The van der Waals surface area contributed by atoms with Gasteiger partial charge in [0.15, 0.2) is 0 Å². The zero-order chi connectivity index (χ0) is 16.8. The normalized spacial score (nSPS) is 15.6. The molecule has 0 aromatic heterocycles. The Labute approximate surface area is 149 Å². The predicted molar refractivity (Wildman–Crippen MR) is 95.4 cm³/mol. The Balaban J connectivity index is 0.00000288. The molecule has 6 nitrogen and oxygen atoms in total. The summed E-state index contributed by atoms with van der Waals surface area (Å²) in [6.45, 7) is 4.54. The van der Waals surface area contributed by atoms with Gasteiger partial charge in [-0.2, -0.15) is 0 Å². The quantitative estimate of drug-likeness (QED) is 0.857. The van der Waals surface area contributed by atoms with Crippen molar-refractivity contribution in [1.29, 1.82) is 0 Å². The fourth-order valence-electron chi connectivity index (χ4n) is 2.62. The molecule has 1 aliphatic rings. The molecule has 134 valence electrons. The number of carbonyl (C=O) groups is 2. The van der Waals surface area contributed by atoms with Gasteiger partial charge >= 0.3 is 0 Å². The minimum absolute atomic E-state index is 0. The number of nitrogens with zero attached hydrogens (tertiary/aromatic N) is 2. The number of benzene rings is 1.